The van der Waals surface area contributed by atoms with Gasteiger partial charge < -0.3 is 29.9 Å². The Morgan fingerprint density at radius 2 is 1.57 bits per heavy atom. The van der Waals surface area contributed by atoms with Crippen LogP contribution in [-0.2, 0) is 29.0 Å². The summed E-state index contributed by atoms with van der Waals surface area (Å²) in [5.74, 6) is -0.147. The van der Waals surface area contributed by atoms with Gasteiger partial charge in [0.2, 0.25) is 0 Å². The van der Waals surface area contributed by atoms with E-state index in [4.69, 9.17) is 24.3 Å². The van der Waals surface area contributed by atoms with Crippen LogP contribution in [0.3, 0.4) is 0 Å². The average molecular weight is 760 g/mol. The number of aliphatic hydroxyl groups excluding tert-OH is 1. The van der Waals surface area contributed by atoms with E-state index in [1.165, 1.54) is 108 Å². The van der Waals surface area contributed by atoms with Crippen molar-refractivity contribution in [1.82, 2.24) is 19.7 Å². The first-order valence-corrected chi connectivity index (χ1v) is 21.1. The highest BCUT2D eigenvalue weighted by atomic mass is 31.2. The minimum Gasteiger partial charge on any atom is -0.465 e. The number of anilines is 1. The summed E-state index contributed by atoms with van der Waals surface area (Å²) in [5.41, 5.74) is 3.20. The lowest BCUT2D eigenvalue weighted by atomic mass is 9.86. The molecule has 0 amide bonds. The Morgan fingerprint density at radius 1 is 0.981 bits per heavy atom. The Hall–Kier alpha value is -3.06. The van der Waals surface area contributed by atoms with Gasteiger partial charge in [-0.25, -0.2) is 14.1 Å². The predicted octanol–water partition coefficient (Wildman–Crippen LogP) is 7.64. The summed E-state index contributed by atoms with van der Waals surface area (Å²) in [6.07, 6.45) is 19.8. The van der Waals surface area contributed by atoms with Gasteiger partial charge in [-0.15, -0.1) is 0 Å². The zero-order valence-electron chi connectivity index (χ0n) is 31.9. The standard InChI is InChI=1S/C39H62N5O8P/c1-4-5-6-7-8-9-10-11-12-13-14-15-16-17-18-22-27-49-36(45)31(2)43-53(48,52-32-23-20-19-21-24-32)51-28-38(3)37(46)39(47,29-50-38)34-26-25-33-35(40)41-30-42-44(33)34/h19-21,23-26,30-31,37,46-47H,4-18,22,27-29H2,1-3H3,(H,43,48)(H2,40,41,42)/t31-,37+,38+,39-,53?/m0/s1. The van der Waals surface area contributed by atoms with Crippen molar-refractivity contribution in [2.24, 2.45) is 0 Å². The largest absolute Gasteiger partial charge is 0.465 e. The number of unbranched alkanes of at least 4 members (excludes halogenated alkanes) is 15. The van der Waals surface area contributed by atoms with Gasteiger partial charge in [-0.1, -0.05) is 121 Å². The Bertz CT molecular complexity index is 1580. The average Bonchev–Trinajstić information content (AvgIpc) is 3.69. The molecule has 0 aliphatic carbocycles. The number of nitrogens with zero attached hydrogens (tertiary/aromatic N) is 3. The first-order chi connectivity index (χ1) is 25.5. The molecule has 2 aromatic heterocycles. The molecule has 53 heavy (non-hydrogen) atoms. The molecule has 5 atom stereocenters. The van der Waals surface area contributed by atoms with Crippen LogP contribution < -0.4 is 15.3 Å². The van der Waals surface area contributed by atoms with Crippen molar-refractivity contribution in [3.05, 3.63) is 54.5 Å². The molecule has 1 aliphatic rings. The quantitative estimate of drug-likeness (QED) is 0.0358. The molecule has 1 aliphatic heterocycles. The van der Waals surface area contributed by atoms with E-state index in [0.717, 1.165) is 19.3 Å². The molecule has 1 unspecified atom stereocenters. The van der Waals surface area contributed by atoms with Crippen molar-refractivity contribution in [3.63, 3.8) is 0 Å². The SMILES string of the molecule is CCCCCCCCCCCCCCCCCCOC(=O)[C@H](C)NP(=O)(OC[C@@]1(C)OC[C@](O)(c2ccc3c(N)ncnn23)[C@@H]1O)Oc1ccccc1. The van der Waals surface area contributed by atoms with Crippen LogP contribution in [0.2, 0.25) is 0 Å². The van der Waals surface area contributed by atoms with E-state index in [1.807, 2.05) is 0 Å². The number of nitrogens with two attached hydrogens (primary N) is 1. The molecule has 3 heterocycles. The molecular formula is C39H62N5O8P. The molecule has 5 N–H and O–H groups in total. The molecular weight excluding hydrogens is 697 g/mol. The summed E-state index contributed by atoms with van der Waals surface area (Å²) >= 11 is 0. The van der Waals surface area contributed by atoms with Gasteiger partial charge in [0.1, 0.15) is 35.3 Å². The summed E-state index contributed by atoms with van der Waals surface area (Å²) in [5, 5.41) is 29.9. The van der Waals surface area contributed by atoms with Crippen LogP contribution in [-0.4, -0.2) is 68.3 Å². The Labute approximate surface area is 314 Å². The van der Waals surface area contributed by atoms with Crippen LogP contribution in [0, 0.1) is 0 Å². The Kier molecular flexibility index (Phi) is 17.0. The van der Waals surface area contributed by atoms with Gasteiger partial charge in [0.15, 0.2) is 11.4 Å². The lowest BCUT2D eigenvalue weighted by Gasteiger charge is -2.33. The molecule has 1 fully saturated rings. The van der Waals surface area contributed by atoms with Gasteiger partial charge in [0.25, 0.3) is 0 Å². The number of nitrogens with one attached hydrogen (secondary N) is 1. The number of para-hydroxylation sites is 1. The third-order valence-electron chi connectivity index (χ3n) is 10.0. The summed E-state index contributed by atoms with van der Waals surface area (Å²) in [6.45, 7) is 4.79. The van der Waals surface area contributed by atoms with E-state index in [0.29, 0.717) is 5.52 Å². The number of hydrogen-bond acceptors (Lipinski definition) is 11. The molecule has 1 saturated heterocycles. The maximum absolute atomic E-state index is 14.1. The number of fused-ring (bicyclic) bond motifs is 1. The molecule has 0 spiro atoms. The first kappa shape index (κ1) is 42.7. The molecule has 4 rings (SSSR count). The summed E-state index contributed by atoms with van der Waals surface area (Å²) in [4.78, 5) is 16.9. The fourth-order valence-electron chi connectivity index (χ4n) is 6.71. The smallest absolute Gasteiger partial charge is 0.459 e. The number of aliphatic hydroxyl groups is 2. The van der Waals surface area contributed by atoms with Crippen LogP contribution in [0.1, 0.15) is 129 Å². The lowest BCUT2D eigenvalue weighted by Crippen LogP contribution is -2.50. The number of benzene rings is 1. The third-order valence-corrected chi connectivity index (χ3v) is 11.6. The van der Waals surface area contributed by atoms with Gasteiger partial charge in [-0.3, -0.25) is 9.32 Å². The van der Waals surface area contributed by atoms with Crippen LogP contribution >= 0.6 is 7.75 Å². The van der Waals surface area contributed by atoms with Crippen molar-refractivity contribution >= 4 is 25.1 Å². The lowest BCUT2D eigenvalue weighted by molar-refractivity contribution is -0.145. The number of hydrogen-bond donors (Lipinski definition) is 4. The number of aromatic nitrogens is 3. The van der Waals surface area contributed by atoms with Crippen molar-refractivity contribution in [2.45, 2.75) is 147 Å². The normalized spacial score (nSPS) is 21.8. The van der Waals surface area contributed by atoms with E-state index < -0.39 is 43.7 Å². The van der Waals surface area contributed by atoms with Crippen molar-refractivity contribution in [1.29, 1.82) is 0 Å². The van der Waals surface area contributed by atoms with E-state index >= 15 is 0 Å². The maximum atomic E-state index is 14.1. The van der Waals surface area contributed by atoms with E-state index in [9.17, 15) is 19.6 Å². The molecule has 0 radical (unpaired) electrons. The number of esters is 1. The van der Waals surface area contributed by atoms with Crippen LogP contribution in [0.15, 0.2) is 48.8 Å². The zero-order valence-corrected chi connectivity index (χ0v) is 32.8. The monoisotopic (exact) mass is 759 g/mol. The minimum absolute atomic E-state index is 0.206. The van der Waals surface area contributed by atoms with Crippen molar-refractivity contribution < 1.29 is 38.1 Å². The van der Waals surface area contributed by atoms with Crippen LogP contribution in [0.25, 0.3) is 5.52 Å². The highest BCUT2D eigenvalue weighted by Gasteiger charge is 2.58. The number of ether oxygens (including phenoxy) is 2. The first-order valence-electron chi connectivity index (χ1n) is 19.6. The van der Waals surface area contributed by atoms with Crippen LogP contribution in [0.4, 0.5) is 5.82 Å². The van der Waals surface area contributed by atoms with Gasteiger partial charge in [0.05, 0.1) is 25.5 Å². The second kappa shape index (κ2) is 21.1. The number of carbonyl (C=O) groups excluding carboxylic acids is 1. The summed E-state index contributed by atoms with van der Waals surface area (Å²) in [7, 11) is -4.26. The van der Waals surface area contributed by atoms with E-state index in [-0.39, 0.29) is 30.5 Å². The van der Waals surface area contributed by atoms with Gasteiger partial charge in [-0.2, -0.15) is 10.2 Å². The van der Waals surface area contributed by atoms with Gasteiger partial charge >= 0.3 is 13.7 Å². The Morgan fingerprint density at radius 3 is 2.17 bits per heavy atom. The maximum Gasteiger partial charge on any atom is 0.459 e. The second-order valence-electron chi connectivity index (χ2n) is 14.6. The summed E-state index contributed by atoms with van der Waals surface area (Å²) in [6, 6.07) is 10.6. The molecule has 0 bridgehead atoms. The highest BCUT2D eigenvalue weighted by Crippen LogP contribution is 2.48. The fourth-order valence-corrected chi connectivity index (χ4v) is 8.30. The molecule has 296 valence electrons. The number of nitrogen functional groups attached to an aromatic ring is 1. The van der Waals surface area contributed by atoms with Crippen molar-refractivity contribution in [2.75, 3.05) is 25.6 Å². The minimum atomic E-state index is -4.26. The van der Waals surface area contributed by atoms with Gasteiger partial charge in [0, 0.05) is 0 Å². The predicted molar refractivity (Wildman–Crippen MR) is 205 cm³/mol. The topological polar surface area (TPSA) is 180 Å². The van der Waals surface area contributed by atoms with Crippen molar-refractivity contribution in [3.8, 4) is 5.75 Å². The second-order valence-corrected chi connectivity index (χ2v) is 16.3. The van der Waals surface area contributed by atoms with Crippen LogP contribution in [0.5, 0.6) is 5.75 Å². The fraction of sp³-hybridized carbons (Fsp3) is 0.667. The molecule has 14 heteroatoms. The van der Waals surface area contributed by atoms with E-state index in [2.05, 4.69) is 22.1 Å². The highest BCUT2D eigenvalue weighted by molar-refractivity contribution is 7.52. The Balaban J connectivity index is 1.19. The molecule has 13 nitrogen and oxygen atoms in total. The summed E-state index contributed by atoms with van der Waals surface area (Å²) < 4.78 is 38.5. The number of carbonyl (C=O) groups is 1. The number of rotatable bonds is 26. The molecule has 3 aromatic rings. The molecule has 1 aromatic carbocycles. The molecule has 0 saturated carbocycles. The zero-order chi connectivity index (χ0) is 38.2. The third kappa shape index (κ3) is 12.5. The van der Waals surface area contributed by atoms with Gasteiger partial charge in [-0.05, 0) is 44.5 Å². The van der Waals surface area contributed by atoms with E-state index in [1.54, 1.807) is 42.5 Å².